The molecule has 0 bridgehead atoms. The molecule has 0 spiro atoms. The molecule has 0 N–H and O–H groups in total. The standard InChI is InChI=1S/C29H38N6O3.C4H10/c1-18-12-24(16-33-14-20(3)30-26(18)33)22(5)31-27-19(2)13-25(17-35(27)23(6)36)32-10-11-34(21(4)15-32)28(37)38-29(7,8)9;1-3-4-2/h12-14,16-17,21H,5,10-11,15H2,1-4,6-9H3;3-4H2,1-2H3. The van der Waals surface area contributed by atoms with Crippen LogP contribution in [0, 0.1) is 20.8 Å². The highest BCUT2D eigenvalue weighted by Crippen LogP contribution is 2.23. The molecule has 3 aromatic heterocycles. The molecule has 0 aliphatic carbocycles. The van der Waals surface area contributed by atoms with E-state index in [1.54, 1.807) is 9.47 Å². The molecule has 1 saturated heterocycles. The summed E-state index contributed by atoms with van der Waals surface area (Å²) < 4.78 is 9.13. The number of nitrogens with zero attached hydrogens (tertiary/aromatic N) is 6. The van der Waals surface area contributed by atoms with Gasteiger partial charge in [0.2, 0.25) is 5.91 Å². The van der Waals surface area contributed by atoms with Crippen LogP contribution in [-0.4, -0.2) is 62.1 Å². The molecule has 3 aromatic rings. The first-order chi connectivity index (χ1) is 19.6. The van der Waals surface area contributed by atoms with Crippen LogP contribution < -0.4 is 10.4 Å². The van der Waals surface area contributed by atoms with Gasteiger partial charge in [0.25, 0.3) is 0 Å². The van der Waals surface area contributed by atoms with Gasteiger partial charge >= 0.3 is 6.09 Å². The van der Waals surface area contributed by atoms with Gasteiger partial charge in [-0.3, -0.25) is 9.36 Å². The summed E-state index contributed by atoms with van der Waals surface area (Å²) >= 11 is 0. The molecule has 0 radical (unpaired) electrons. The Labute approximate surface area is 250 Å². The summed E-state index contributed by atoms with van der Waals surface area (Å²) in [6.45, 7) is 25.4. The Morgan fingerprint density at radius 1 is 1.05 bits per heavy atom. The minimum Gasteiger partial charge on any atom is -0.444 e. The third-order valence-electron chi connectivity index (χ3n) is 7.10. The molecular formula is C33H48N6O3. The van der Waals surface area contributed by atoms with Crippen molar-refractivity contribution < 1.29 is 14.3 Å². The van der Waals surface area contributed by atoms with E-state index >= 15 is 0 Å². The van der Waals surface area contributed by atoms with E-state index in [9.17, 15) is 9.59 Å². The number of rotatable bonds is 4. The molecule has 9 nitrogen and oxygen atoms in total. The number of unbranched alkanes of at least 4 members (excludes halogenated alkanes) is 1. The number of anilines is 1. The number of piperazine rings is 1. The number of hydrogen-bond acceptors (Lipinski definition) is 6. The highest BCUT2D eigenvalue weighted by molar-refractivity contribution is 5.77. The molecular weight excluding hydrogens is 528 g/mol. The van der Waals surface area contributed by atoms with Crippen molar-refractivity contribution in [1.29, 1.82) is 0 Å². The van der Waals surface area contributed by atoms with Crippen LogP contribution in [-0.2, 0) is 4.74 Å². The topological polar surface area (TPSA) is 84.4 Å². The van der Waals surface area contributed by atoms with Crippen LogP contribution in [0.25, 0.3) is 11.3 Å². The van der Waals surface area contributed by atoms with Crippen molar-refractivity contribution in [2.45, 2.75) is 93.7 Å². The van der Waals surface area contributed by atoms with Gasteiger partial charge in [0.1, 0.15) is 16.7 Å². The highest BCUT2D eigenvalue weighted by atomic mass is 16.6. The zero-order valence-electron chi connectivity index (χ0n) is 27.1. The second kappa shape index (κ2) is 13.4. The average Bonchev–Trinajstić information content (AvgIpc) is 3.29. The number of aromatic nitrogens is 3. The van der Waals surface area contributed by atoms with Crippen molar-refractivity contribution in [2.75, 3.05) is 24.5 Å². The van der Waals surface area contributed by atoms with Gasteiger partial charge in [-0.15, -0.1) is 0 Å². The van der Waals surface area contributed by atoms with Crippen molar-refractivity contribution in [3.63, 3.8) is 0 Å². The van der Waals surface area contributed by atoms with Crippen molar-refractivity contribution in [3.05, 3.63) is 65.2 Å². The quantitative estimate of drug-likeness (QED) is 0.352. The zero-order chi connectivity index (χ0) is 31.4. The molecule has 9 heteroatoms. The number of imidazole rings is 1. The first kappa shape index (κ1) is 32.6. The van der Waals surface area contributed by atoms with Gasteiger partial charge in [0.15, 0.2) is 0 Å². The predicted octanol–water partition coefficient (Wildman–Crippen LogP) is 6.54. The molecule has 228 valence electrons. The number of carbonyl (C=O) groups excluding carboxylic acids is 2. The van der Waals surface area contributed by atoms with Crippen molar-refractivity contribution in [3.8, 4) is 0 Å². The molecule has 1 atom stereocenters. The number of fused-ring (bicyclic) bond motifs is 1. The lowest BCUT2D eigenvalue weighted by atomic mass is 10.1. The van der Waals surface area contributed by atoms with E-state index in [1.807, 2.05) is 83.6 Å². The fraction of sp³-hybridized carbons (Fsp3) is 0.515. The monoisotopic (exact) mass is 576 g/mol. The van der Waals surface area contributed by atoms with Gasteiger partial charge in [0.05, 0.1) is 17.1 Å². The third kappa shape index (κ3) is 7.89. The molecule has 0 saturated carbocycles. The maximum absolute atomic E-state index is 12.7. The van der Waals surface area contributed by atoms with Gasteiger partial charge in [-0.05, 0) is 71.7 Å². The zero-order valence-corrected chi connectivity index (χ0v) is 27.1. The van der Waals surface area contributed by atoms with Crippen LogP contribution in [0.1, 0.15) is 88.5 Å². The van der Waals surface area contributed by atoms with E-state index in [1.165, 1.54) is 19.8 Å². The third-order valence-corrected chi connectivity index (χ3v) is 7.10. The Kier molecular flexibility index (Phi) is 10.4. The molecule has 1 amide bonds. The number of hydrogen-bond donors (Lipinski definition) is 0. The first-order valence-corrected chi connectivity index (χ1v) is 14.8. The normalized spacial score (nSPS) is 15.9. The van der Waals surface area contributed by atoms with E-state index in [2.05, 4.69) is 30.3 Å². The Hall–Kier alpha value is -3.88. The number of carbonyl (C=O) groups is 2. The number of amides is 1. The molecule has 1 unspecified atom stereocenters. The molecule has 4 rings (SSSR count). The fourth-order valence-corrected chi connectivity index (χ4v) is 4.79. The summed E-state index contributed by atoms with van der Waals surface area (Å²) in [7, 11) is 0. The molecule has 1 aliphatic heterocycles. The fourth-order valence-electron chi connectivity index (χ4n) is 4.79. The second-order valence-corrected chi connectivity index (χ2v) is 12.1. The van der Waals surface area contributed by atoms with E-state index in [4.69, 9.17) is 9.73 Å². The molecule has 0 aromatic carbocycles. The lowest BCUT2D eigenvalue weighted by Gasteiger charge is -2.41. The van der Waals surface area contributed by atoms with Crippen molar-refractivity contribution in [2.24, 2.45) is 4.99 Å². The maximum Gasteiger partial charge on any atom is 0.410 e. The van der Waals surface area contributed by atoms with Gasteiger partial charge in [0, 0.05) is 56.8 Å². The first-order valence-electron chi connectivity index (χ1n) is 14.8. The summed E-state index contributed by atoms with van der Waals surface area (Å²) in [5.41, 5.74) is 6.06. The molecule has 1 fully saturated rings. The van der Waals surface area contributed by atoms with Crippen LogP contribution in [0.2, 0.25) is 0 Å². The SMILES string of the molecule is C=C(N=c1c(C)cc(N2CCN(C(=O)OC(C)(C)C)C(C)C2)cn1C(C)=O)c1cc(C)c2nc(C)cn2c1.CCCC. The average molecular weight is 577 g/mol. The lowest BCUT2D eigenvalue weighted by Crippen LogP contribution is -2.55. The predicted molar refractivity (Wildman–Crippen MR) is 170 cm³/mol. The van der Waals surface area contributed by atoms with Crippen molar-refractivity contribution >= 4 is 29.0 Å². The van der Waals surface area contributed by atoms with E-state index in [0.717, 1.165) is 33.7 Å². The Morgan fingerprint density at radius 3 is 2.29 bits per heavy atom. The summed E-state index contributed by atoms with van der Waals surface area (Å²) in [6.07, 6.45) is 8.09. The van der Waals surface area contributed by atoms with Crippen LogP contribution in [0.3, 0.4) is 0 Å². The van der Waals surface area contributed by atoms with Gasteiger partial charge in [-0.2, -0.15) is 0 Å². The number of pyridine rings is 2. The van der Waals surface area contributed by atoms with E-state index in [-0.39, 0.29) is 18.0 Å². The van der Waals surface area contributed by atoms with Gasteiger partial charge < -0.3 is 18.9 Å². The minimum absolute atomic E-state index is 0.0428. The molecule has 42 heavy (non-hydrogen) atoms. The van der Waals surface area contributed by atoms with Gasteiger partial charge in [-0.25, -0.2) is 14.8 Å². The van der Waals surface area contributed by atoms with E-state index in [0.29, 0.717) is 30.8 Å². The van der Waals surface area contributed by atoms with Crippen LogP contribution in [0.15, 0.2) is 42.3 Å². The smallest absolute Gasteiger partial charge is 0.410 e. The number of ether oxygens (including phenoxy) is 1. The summed E-state index contributed by atoms with van der Waals surface area (Å²) in [5, 5.41) is 0. The Morgan fingerprint density at radius 2 is 1.71 bits per heavy atom. The Balaban J connectivity index is 0.00000114. The van der Waals surface area contributed by atoms with Crippen LogP contribution >= 0.6 is 0 Å². The summed E-state index contributed by atoms with van der Waals surface area (Å²) in [4.78, 5) is 38.7. The van der Waals surface area contributed by atoms with Crippen LogP contribution in [0.5, 0.6) is 0 Å². The lowest BCUT2D eigenvalue weighted by molar-refractivity contribution is 0.0159. The Bertz CT molecular complexity index is 1520. The largest absolute Gasteiger partial charge is 0.444 e. The minimum atomic E-state index is -0.538. The molecule has 1 aliphatic rings. The maximum atomic E-state index is 12.7. The molecule has 4 heterocycles. The van der Waals surface area contributed by atoms with E-state index < -0.39 is 5.60 Å². The van der Waals surface area contributed by atoms with Crippen molar-refractivity contribution in [1.82, 2.24) is 18.9 Å². The van der Waals surface area contributed by atoms with Gasteiger partial charge in [-0.1, -0.05) is 33.3 Å². The summed E-state index contributed by atoms with van der Waals surface area (Å²) in [6, 6.07) is 4.01. The summed E-state index contributed by atoms with van der Waals surface area (Å²) in [5.74, 6) is -0.140. The number of aryl methyl sites for hydroxylation is 3. The second-order valence-electron chi connectivity index (χ2n) is 12.1. The highest BCUT2D eigenvalue weighted by Gasteiger charge is 2.31. The van der Waals surface area contributed by atoms with Crippen LogP contribution in [0.4, 0.5) is 10.5 Å².